The van der Waals surface area contributed by atoms with Gasteiger partial charge >= 0.3 is 0 Å². The highest BCUT2D eigenvalue weighted by Gasteiger charge is 2.37. The SMILES string of the molecule is CCCC1C(=O)Nc2ccccc2N1C(=O)c1cnn(C2CC2)c1. The normalized spacial score (nSPS) is 19.8. The first-order chi connectivity index (χ1) is 11.7. The molecule has 1 N–H and O–H groups in total. The van der Waals surface area contributed by atoms with Gasteiger partial charge < -0.3 is 5.32 Å². The fourth-order valence-electron chi connectivity index (χ4n) is 3.20. The lowest BCUT2D eigenvalue weighted by molar-refractivity contribution is -0.117. The van der Waals surface area contributed by atoms with E-state index in [9.17, 15) is 9.59 Å². The van der Waals surface area contributed by atoms with Crippen molar-refractivity contribution in [2.24, 2.45) is 0 Å². The van der Waals surface area contributed by atoms with Gasteiger partial charge in [0.2, 0.25) is 5.91 Å². The summed E-state index contributed by atoms with van der Waals surface area (Å²) in [4.78, 5) is 27.3. The summed E-state index contributed by atoms with van der Waals surface area (Å²) in [6.07, 6.45) is 7.09. The van der Waals surface area contributed by atoms with Crippen LogP contribution in [0.2, 0.25) is 0 Å². The number of amides is 2. The maximum Gasteiger partial charge on any atom is 0.262 e. The van der Waals surface area contributed by atoms with Crippen LogP contribution in [0.4, 0.5) is 11.4 Å². The van der Waals surface area contributed by atoms with Crippen molar-refractivity contribution in [2.75, 3.05) is 10.2 Å². The number of aromatic nitrogens is 2. The number of anilines is 2. The summed E-state index contributed by atoms with van der Waals surface area (Å²) in [7, 11) is 0. The van der Waals surface area contributed by atoms with Gasteiger partial charge in [-0.3, -0.25) is 19.2 Å². The Morgan fingerprint density at radius 2 is 2.12 bits per heavy atom. The number of nitrogens with one attached hydrogen (secondary N) is 1. The third kappa shape index (κ3) is 2.48. The minimum absolute atomic E-state index is 0.126. The standard InChI is InChI=1S/C18H20N4O2/c1-2-5-16-17(23)20-14-6-3-4-7-15(14)22(16)18(24)12-10-19-21(11-12)13-8-9-13/h3-4,6-7,10-11,13,16H,2,5,8-9H2,1H3,(H,20,23). The van der Waals surface area contributed by atoms with Gasteiger partial charge in [-0.2, -0.15) is 5.10 Å². The summed E-state index contributed by atoms with van der Waals surface area (Å²) >= 11 is 0. The number of para-hydroxylation sites is 2. The van der Waals surface area contributed by atoms with Crippen molar-refractivity contribution in [1.82, 2.24) is 9.78 Å². The molecule has 24 heavy (non-hydrogen) atoms. The molecule has 0 radical (unpaired) electrons. The molecular weight excluding hydrogens is 304 g/mol. The van der Waals surface area contributed by atoms with Crippen molar-refractivity contribution in [2.45, 2.75) is 44.7 Å². The highest BCUT2D eigenvalue weighted by atomic mass is 16.2. The summed E-state index contributed by atoms with van der Waals surface area (Å²) in [6, 6.07) is 7.38. The molecule has 1 aliphatic heterocycles. The Hall–Kier alpha value is -2.63. The summed E-state index contributed by atoms with van der Waals surface area (Å²) in [5.41, 5.74) is 1.96. The second-order valence-electron chi connectivity index (χ2n) is 6.43. The van der Waals surface area contributed by atoms with Crippen LogP contribution in [0, 0.1) is 0 Å². The lowest BCUT2D eigenvalue weighted by Gasteiger charge is -2.36. The lowest BCUT2D eigenvalue weighted by atomic mass is 10.0. The van der Waals surface area contributed by atoms with Crippen LogP contribution in [-0.2, 0) is 4.79 Å². The van der Waals surface area contributed by atoms with Crippen molar-refractivity contribution in [3.05, 3.63) is 42.2 Å². The second-order valence-corrected chi connectivity index (χ2v) is 6.43. The highest BCUT2D eigenvalue weighted by molar-refractivity contribution is 6.16. The Morgan fingerprint density at radius 3 is 2.88 bits per heavy atom. The Kier molecular flexibility index (Phi) is 3.59. The van der Waals surface area contributed by atoms with Gasteiger partial charge in [0.15, 0.2) is 0 Å². The fraction of sp³-hybridized carbons (Fsp3) is 0.389. The number of carbonyl (C=O) groups is 2. The van der Waals surface area contributed by atoms with E-state index < -0.39 is 6.04 Å². The van der Waals surface area contributed by atoms with Gasteiger partial charge in [-0.05, 0) is 31.4 Å². The zero-order valence-electron chi connectivity index (χ0n) is 13.6. The molecule has 0 saturated heterocycles. The number of carbonyl (C=O) groups excluding carboxylic acids is 2. The van der Waals surface area contributed by atoms with Gasteiger partial charge in [-0.15, -0.1) is 0 Å². The molecule has 1 aromatic heterocycles. The quantitative estimate of drug-likeness (QED) is 0.940. The molecule has 6 heteroatoms. The molecule has 2 aromatic rings. The maximum atomic E-state index is 13.1. The number of hydrogen-bond donors (Lipinski definition) is 1. The Labute approximate surface area is 140 Å². The van der Waals surface area contributed by atoms with E-state index in [1.807, 2.05) is 35.9 Å². The number of fused-ring (bicyclic) bond motifs is 1. The summed E-state index contributed by atoms with van der Waals surface area (Å²) in [5.74, 6) is -0.291. The summed E-state index contributed by atoms with van der Waals surface area (Å²) < 4.78 is 1.86. The molecule has 2 amide bonds. The second kappa shape index (κ2) is 5.78. The number of benzene rings is 1. The predicted octanol–water partition coefficient (Wildman–Crippen LogP) is 2.99. The first kappa shape index (κ1) is 14.9. The molecule has 0 bridgehead atoms. The lowest BCUT2D eigenvalue weighted by Crippen LogP contribution is -2.51. The predicted molar refractivity (Wildman–Crippen MR) is 91.1 cm³/mol. The van der Waals surface area contributed by atoms with E-state index in [1.165, 1.54) is 0 Å². The van der Waals surface area contributed by atoms with Gasteiger partial charge in [0, 0.05) is 6.20 Å². The van der Waals surface area contributed by atoms with Crippen molar-refractivity contribution < 1.29 is 9.59 Å². The van der Waals surface area contributed by atoms with E-state index in [0.29, 0.717) is 23.7 Å². The maximum absolute atomic E-state index is 13.1. The van der Waals surface area contributed by atoms with E-state index >= 15 is 0 Å². The Balaban J connectivity index is 1.73. The largest absolute Gasteiger partial charge is 0.322 e. The third-order valence-electron chi connectivity index (χ3n) is 4.59. The van der Waals surface area contributed by atoms with E-state index in [2.05, 4.69) is 10.4 Å². The monoisotopic (exact) mass is 324 g/mol. The van der Waals surface area contributed by atoms with Crippen molar-refractivity contribution in [3.8, 4) is 0 Å². The van der Waals surface area contributed by atoms with Crippen LogP contribution in [-0.4, -0.2) is 27.6 Å². The van der Waals surface area contributed by atoms with Crippen LogP contribution in [0.3, 0.4) is 0 Å². The minimum atomic E-state index is -0.485. The molecule has 2 aliphatic rings. The molecule has 1 aliphatic carbocycles. The molecular formula is C18H20N4O2. The molecule has 1 saturated carbocycles. The molecule has 0 spiro atoms. The summed E-state index contributed by atoms with van der Waals surface area (Å²) in [6.45, 7) is 2.02. The summed E-state index contributed by atoms with van der Waals surface area (Å²) in [5, 5.41) is 7.22. The van der Waals surface area contributed by atoms with Gasteiger partial charge in [0.25, 0.3) is 5.91 Å². The third-order valence-corrected chi connectivity index (χ3v) is 4.59. The van der Waals surface area contributed by atoms with Gasteiger partial charge in [0.1, 0.15) is 6.04 Å². The first-order valence-corrected chi connectivity index (χ1v) is 8.46. The number of nitrogens with zero attached hydrogens (tertiary/aromatic N) is 3. The van der Waals surface area contributed by atoms with E-state index in [1.54, 1.807) is 17.3 Å². The van der Waals surface area contributed by atoms with Crippen LogP contribution in [0.5, 0.6) is 0 Å². The molecule has 1 aromatic carbocycles. The molecule has 124 valence electrons. The fourth-order valence-corrected chi connectivity index (χ4v) is 3.20. The molecule has 2 heterocycles. The van der Waals surface area contributed by atoms with Crippen LogP contribution in [0.25, 0.3) is 0 Å². The molecule has 1 fully saturated rings. The van der Waals surface area contributed by atoms with Crippen molar-refractivity contribution in [3.63, 3.8) is 0 Å². The van der Waals surface area contributed by atoms with Crippen LogP contribution in [0.15, 0.2) is 36.7 Å². The van der Waals surface area contributed by atoms with E-state index in [0.717, 1.165) is 24.9 Å². The molecule has 6 nitrogen and oxygen atoms in total. The van der Waals surface area contributed by atoms with Gasteiger partial charge in [0.05, 0.1) is 29.2 Å². The average molecular weight is 324 g/mol. The highest BCUT2D eigenvalue weighted by Crippen LogP contribution is 2.36. The first-order valence-electron chi connectivity index (χ1n) is 8.46. The van der Waals surface area contributed by atoms with Crippen LogP contribution < -0.4 is 10.2 Å². The van der Waals surface area contributed by atoms with Crippen LogP contribution >= 0.6 is 0 Å². The van der Waals surface area contributed by atoms with Gasteiger partial charge in [-0.1, -0.05) is 25.5 Å². The number of hydrogen-bond acceptors (Lipinski definition) is 3. The smallest absolute Gasteiger partial charge is 0.262 e. The van der Waals surface area contributed by atoms with Crippen molar-refractivity contribution in [1.29, 1.82) is 0 Å². The van der Waals surface area contributed by atoms with Crippen molar-refractivity contribution >= 4 is 23.2 Å². The number of rotatable bonds is 4. The Bertz CT molecular complexity index is 794. The zero-order valence-corrected chi connectivity index (χ0v) is 13.6. The topological polar surface area (TPSA) is 67.2 Å². The molecule has 1 atom stereocenters. The minimum Gasteiger partial charge on any atom is -0.322 e. The van der Waals surface area contributed by atoms with E-state index in [-0.39, 0.29) is 11.8 Å². The molecule has 4 rings (SSSR count). The zero-order chi connectivity index (χ0) is 16.7. The van der Waals surface area contributed by atoms with Crippen LogP contribution in [0.1, 0.15) is 49.0 Å². The Morgan fingerprint density at radius 1 is 1.33 bits per heavy atom. The van der Waals surface area contributed by atoms with E-state index in [4.69, 9.17) is 0 Å². The van der Waals surface area contributed by atoms with Gasteiger partial charge in [-0.25, -0.2) is 0 Å². The average Bonchev–Trinajstić information content (AvgIpc) is 3.32. The molecule has 1 unspecified atom stereocenters.